The highest BCUT2D eigenvalue weighted by molar-refractivity contribution is 6.01. The Morgan fingerprint density at radius 3 is 0.958 bits per heavy atom. The van der Waals surface area contributed by atoms with Gasteiger partial charge in [0.15, 0.2) is 28.9 Å². The Bertz CT molecular complexity index is 5160. The SMILES string of the molecule is CC1CCC(CO)(C(=O)C[C@H](C(=O)OCc2ccccc2)[C@@H](C)OCc2ccccc2)N1C(=O)OC(C)(C)C.CC1CCC(CO)(C(=O)O)N1C(=O)OC(C)(C)C.CC1CCC(COCc2ccccc2)(C(=O)O)N1C(=O)OC(C)(C)C.CC1CCC2(CN([C@H](C(=O)O)[C@@H](C)O)C2=O)N1C(=O)OC(C)(C)C.CC1CCC2(CN([C@H](C(=O)OCc3ccccc3)[C@@H](C)OCc3ccccc3)C2=O)N1C(=O)OC(C)(C)C. The third kappa shape index (κ3) is 29.8. The van der Waals surface area contributed by atoms with Crippen molar-refractivity contribution in [1.82, 2.24) is 34.3 Å². The Morgan fingerprint density at radius 1 is 0.361 bits per heavy atom. The molecule has 0 saturated carbocycles. The summed E-state index contributed by atoms with van der Waals surface area (Å²) in [4.78, 5) is 175. The van der Waals surface area contributed by atoms with Crippen LogP contribution in [0.5, 0.6) is 0 Å². The number of hydrogen-bond donors (Lipinski definition) is 6. The second-order valence-electron chi connectivity index (χ2n) is 43.5. The van der Waals surface area contributed by atoms with Crippen molar-refractivity contribution in [2.24, 2.45) is 5.92 Å². The Balaban J connectivity index is 0.000000226. The van der Waals surface area contributed by atoms with E-state index in [4.69, 9.17) is 47.4 Å². The van der Waals surface area contributed by atoms with Crippen LogP contribution < -0.4 is 0 Å². The van der Waals surface area contributed by atoms with Gasteiger partial charge in [-0.15, -0.1) is 0 Å². The number of carboxylic acids is 3. The lowest BCUT2D eigenvalue weighted by atomic mass is 9.83. The molecule has 16 atom stereocenters. The number of ketones is 1. The van der Waals surface area contributed by atoms with Crippen LogP contribution in [0, 0.1) is 5.92 Å². The third-order valence-corrected chi connectivity index (χ3v) is 26.3. The largest absolute Gasteiger partial charge is 0.480 e. The van der Waals surface area contributed by atoms with Gasteiger partial charge in [0.05, 0.1) is 77.0 Å². The summed E-state index contributed by atoms with van der Waals surface area (Å²) in [5.74, 6) is -6.69. The molecule has 0 aliphatic carbocycles. The zero-order valence-electron chi connectivity index (χ0n) is 87.8. The first-order valence-electron chi connectivity index (χ1n) is 49.4. The molecule has 12 rings (SSSR count). The molecule has 5 aromatic rings. The lowest BCUT2D eigenvalue weighted by Crippen LogP contribution is -2.77. The number of carbonyl (C=O) groups is 13. The summed E-state index contributed by atoms with van der Waals surface area (Å²) in [6, 6.07) is 44.0. The van der Waals surface area contributed by atoms with Gasteiger partial charge in [-0.2, -0.15) is 0 Å². The summed E-state index contributed by atoms with van der Waals surface area (Å²) in [6.07, 6.45) is -0.958. The van der Waals surface area contributed by atoms with Crippen LogP contribution in [0.3, 0.4) is 0 Å². The predicted molar refractivity (Wildman–Crippen MR) is 530 cm³/mol. The van der Waals surface area contributed by atoms with Crippen molar-refractivity contribution >= 4 is 77.9 Å². The zero-order valence-corrected chi connectivity index (χ0v) is 87.8. The number of aliphatic hydroxyl groups excluding tert-OH is 3. The van der Waals surface area contributed by atoms with E-state index in [1.165, 1.54) is 26.5 Å². The van der Waals surface area contributed by atoms with Crippen molar-refractivity contribution in [2.45, 2.75) is 379 Å². The minimum absolute atomic E-state index is 0.0575. The summed E-state index contributed by atoms with van der Waals surface area (Å²) in [7, 11) is 0. The molecule has 7 aliphatic rings. The van der Waals surface area contributed by atoms with E-state index < -0.39 is 177 Å². The molecule has 2 spiro atoms. The van der Waals surface area contributed by atoms with Crippen molar-refractivity contribution in [1.29, 1.82) is 0 Å². The quantitative estimate of drug-likeness (QED) is 0.0147. The van der Waals surface area contributed by atoms with Gasteiger partial charge in [0.2, 0.25) is 0 Å². The number of carbonyl (C=O) groups excluding carboxylic acids is 10. The third-order valence-electron chi connectivity index (χ3n) is 26.3. The molecule has 36 heteroatoms. The fourth-order valence-corrected chi connectivity index (χ4v) is 19.0. The van der Waals surface area contributed by atoms with Gasteiger partial charge < -0.3 is 87.8 Å². The highest BCUT2D eigenvalue weighted by Crippen LogP contribution is 2.48. The number of ether oxygens (including phenoxy) is 10. The number of Topliss-reactive ketones (excluding diaryl/α,β-unsaturated/α-hetero) is 1. The first-order chi connectivity index (χ1) is 67.2. The lowest BCUT2D eigenvalue weighted by molar-refractivity contribution is -0.183. The van der Waals surface area contributed by atoms with Crippen LogP contribution in [0.1, 0.15) is 258 Å². The number of aliphatic carboxylic acids is 3. The standard InChI is InChI=1S/C31H41NO7.C30H38N2O6.C19H27NO5.C16H26N2O6.C12H21NO5/c1-22-16-17-31(21-33,32(22)29(36)39-30(3,4)5)27(34)18-26(23(2)37-19-24-12-8-6-9-13-24)28(35)38-20-25-14-10-7-11-15-25;1-21-16-17-30(32(21)28(35)38-29(3,4)5)20-31(27(30)34)25(22(2)36-18-23-12-8-6-9-13-23)26(33)37-19-24-14-10-7-11-15-24;1-14-10-11-19(16(21)22,20(14)17(23)25-18(2,3)4)13-24-12-15-8-6-5-7-9-15;1-9-6-7-16(18(9)14(23)24-15(3,4)5)8-17(13(16)22)11(10(2)19)12(20)21;1-8-5-6-12(7-14,9(15)16)13(8)10(17)18-11(2,3)4/h6-15,22-23,26,33H,16-21H2,1-5H3;6-15,21-22,25H,16-20H2,1-5H3;5-9,14H,10-13H2,1-4H3,(H,21,22);9-11,19H,6-8H2,1-5H3,(H,20,21);8,14H,5-7H2,1-4H3,(H,15,16)/t22?,23-,26+,31?;21?,22-,25+,30?;;9?,10-,11+,16?;/m11.1./s1. The fraction of sp³-hybridized carbons (Fsp3) is 0.602. The van der Waals surface area contributed by atoms with E-state index in [0.717, 1.165) is 37.6 Å². The van der Waals surface area contributed by atoms with Gasteiger partial charge in [0, 0.05) is 36.6 Å². The fourth-order valence-electron chi connectivity index (χ4n) is 19.0. The van der Waals surface area contributed by atoms with E-state index in [1.54, 1.807) is 130 Å². The molecule has 0 radical (unpaired) electrons. The molecular formula is C108H153N7O29. The van der Waals surface area contributed by atoms with Crippen LogP contribution in [-0.4, -0.2) is 292 Å². The zero-order chi connectivity index (χ0) is 107. The summed E-state index contributed by atoms with van der Waals surface area (Å²) >= 11 is 0. The van der Waals surface area contributed by atoms with Crippen LogP contribution in [0.4, 0.5) is 24.0 Å². The summed E-state index contributed by atoms with van der Waals surface area (Å²) in [5, 5.41) is 58.0. The van der Waals surface area contributed by atoms with Gasteiger partial charge in [-0.1, -0.05) is 152 Å². The molecule has 10 unspecified atom stereocenters. The molecular weight excluding hydrogens is 1860 g/mol. The number of benzene rings is 5. The average Bonchev–Trinajstić information content (AvgIpc) is 1.49. The minimum atomic E-state index is -1.55. The van der Waals surface area contributed by atoms with E-state index in [9.17, 15) is 93.0 Å². The number of hydrogen-bond acceptors (Lipinski definition) is 26. The van der Waals surface area contributed by atoms with Crippen molar-refractivity contribution in [3.05, 3.63) is 179 Å². The number of β-lactam (4-membered cyclic amide) rings is 2. The Labute approximate surface area is 845 Å². The van der Waals surface area contributed by atoms with E-state index in [-0.39, 0.29) is 94.9 Å². The predicted octanol–water partition coefficient (Wildman–Crippen LogP) is 15.3. The Kier molecular flexibility index (Phi) is 40.3. The Morgan fingerprint density at radius 2 is 0.639 bits per heavy atom. The van der Waals surface area contributed by atoms with E-state index in [2.05, 4.69) is 0 Å². The number of likely N-dealkylation sites (tertiary alicyclic amines) is 7. The normalized spacial score (nSPS) is 24.1. The van der Waals surface area contributed by atoms with Gasteiger partial charge >= 0.3 is 60.3 Å². The molecule has 6 N–H and O–H groups in total. The van der Waals surface area contributed by atoms with Gasteiger partial charge in [-0.25, -0.2) is 43.2 Å². The maximum Gasteiger partial charge on any atom is 0.411 e. The molecule has 7 fully saturated rings. The van der Waals surface area contributed by atoms with Crippen LogP contribution in [-0.2, 0) is 119 Å². The van der Waals surface area contributed by atoms with Crippen LogP contribution in [0.15, 0.2) is 152 Å². The van der Waals surface area contributed by atoms with Gasteiger partial charge in [0.1, 0.15) is 57.8 Å². The second kappa shape index (κ2) is 49.4. The number of carboxylic acid groups (broad SMARTS) is 3. The molecule has 144 heavy (non-hydrogen) atoms. The molecule has 7 heterocycles. The maximum absolute atomic E-state index is 13.9. The minimum Gasteiger partial charge on any atom is -0.480 e. The van der Waals surface area contributed by atoms with Gasteiger partial charge in [-0.05, 0) is 251 Å². The number of amides is 7. The van der Waals surface area contributed by atoms with Crippen LogP contribution >= 0.6 is 0 Å². The van der Waals surface area contributed by atoms with E-state index in [1.807, 2.05) is 179 Å². The van der Waals surface area contributed by atoms with Crippen LogP contribution in [0.2, 0.25) is 0 Å². The van der Waals surface area contributed by atoms with Crippen molar-refractivity contribution in [3.8, 4) is 0 Å². The topological polar surface area (TPSA) is 458 Å². The average molecular weight is 2010 g/mol. The molecule has 7 aliphatic heterocycles. The van der Waals surface area contributed by atoms with Gasteiger partial charge in [0.25, 0.3) is 11.8 Å². The molecule has 7 saturated heterocycles. The molecule has 794 valence electrons. The summed E-state index contributed by atoms with van der Waals surface area (Å²) in [6.45, 7) is 40.4. The Hall–Kier alpha value is -11.8. The smallest absolute Gasteiger partial charge is 0.411 e. The molecule has 0 bridgehead atoms. The molecule has 5 aromatic carbocycles. The number of nitrogens with zero attached hydrogens (tertiary/aromatic N) is 7. The highest BCUT2D eigenvalue weighted by atomic mass is 16.6. The van der Waals surface area contributed by atoms with Crippen molar-refractivity contribution in [3.63, 3.8) is 0 Å². The van der Waals surface area contributed by atoms with Crippen molar-refractivity contribution in [2.75, 3.05) is 32.9 Å². The first kappa shape index (κ1) is 117. The van der Waals surface area contributed by atoms with E-state index >= 15 is 0 Å². The number of esters is 2. The highest BCUT2D eigenvalue weighted by Gasteiger charge is 2.67. The molecule has 0 aromatic heterocycles. The lowest BCUT2D eigenvalue weighted by Gasteiger charge is -2.54. The summed E-state index contributed by atoms with van der Waals surface area (Å²) < 4.78 is 56.4. The monoisotopic (exact) mass is 2010 g/mol. The second-order valence-corrected chi connectivity index (χ2v) is 43.5. The molecule has 36 nitrogen and oxygen atoms in total. The van der Waals surface area contributed by atoms with Crippen molar-refractivity contribution < 1.29 is 140 Å². The van der Waals surface area contributed by atoms with E-state index in [0.29, 0.717) is 64.6 Å². The maximum atomic E-state index is 13.9. The number of rotatable bonds is 29. The molecule has 7 amide bonds. The summed E-state index contributed by atoms with van der Waals surface area (Å²) in [5.41, 5.74) is -5.50. The van der Waals surface area contributed by atoms with Gasteiger partial charge in [-0.3, -0.25) is 43.7 Å². The van der Waals surface area contributed by atoms with Crippen LogP contribution in [0.25, 0.3) is 0 Å². The first-order valence-corrected chi connectivity index (χ1v) is 49.4. The number of aliphatic hydroxyl groups is 3.